The molecule has 0 amide bonds. The van der Waals surface area contributed by atoms with E-state index in [0.717, 1.165) is 0 Å². The number of alkyl halides is 9. The Morgan fingerprint density at radius 2 is 1.38 bits per heavy atom. The molecule has 0 spiro atoms. The van der Waals surface area contributed by atoms with Gasteiger partial charge in [-0.15, -0.1) is 0 Å². The average molecular weight is 332 g/mol. The molecule has 21 heavy (non-hydrogen) atoms. The molecule has 0 aliphatic rings. The number of carboxylic acids is 1. The number of halogens is 9. The molecule has 0 aromatic heterocycles. The van der Waals surface area contributed by atoms with E-state index >= 15 is 0 Å². The number of hydrogen-bond acceptors (Lipinski definition) is 1. The molecule has 0 aliphatic heterocycles. The Morgan fingerprint density at radius 3 is 1.67 bits per heavy atom. The molecule has 0 rings (SSSR count). The zero-order chi connectivity index (χ0) is 17.3. The van der Waals surface area contributed by atoms with Gasteiger partial charge in [-0.2, -0.15) is 39.5 Å². The minimum Gasteiger partial charge on any atom is -0.478 e. The van der Waals surface area contributed by atoms with Crippen LogP contribution in [0.4, 0.5) is 39.5 Å². The van der Waals surface area contributed by atoms with E-state index in [1.807, 2.05) is 0 Å². The highest BCUT2D eigenvalue weighted by Gasteiger charge is 2.81. The molecule has 2 nitrogen and oxygen atoms in total. The molecule has 0 aromatic carbocycles. The van der Waals surface area contributed by atoms with Gasteiger partial charge in [0.05, 0.1) is 0 Å². The highest BCUT2D eigenvalue weighted by Crippen LogP contribution is 2.53. The minimum atomic E-state index is -7.03. The van der Waals surface area contributed by atoms with E-state index in [-0.39, 0.29) is 6.42 Å². The van der Waals surface area contributed by atoms with Crippen LogP contribution in [0, 0.1) is 0 Å². The number of rotatable bonds is 6. The highest BCUT2D eigenvalue weighted by molar-refractivity contribution is 5.86. The van der Waals surface area contributed by atoms with E-state index in [2.05, 4.69) is 0 Å². The first kappa shape index (κ1) is 19.6. The van der Waals surface area contributed by atoms with Crippen molar-refractivity contribution in [2.45, 2.75) is 43.7 Å². The van der Waals surface area contributed by atoms with Gasteiger partial charge in [0.1, 0.15) is 0 Å². The fourth-order valence-electron chi connectivity index (χ4n) is 1.21. The summed E-state index contributed by atoms with van der Waals surface area (Å²) >= 11 is 0. The smallest absolute Gasteiger partial charge is 0.460 e. The summed E-state index contributed by atoms with van der Waals surface area (Å²) in [5, 5.41) is 8.44. The van der Waals surface area contributed by atoms with Crippen molar-refractivity contribution in [3.63, 3.8) is 0 Å². The zero-order valence-electron chi connectivity index (χ0n) is 10.2. The molecule has 124 valence electrons. The van der Waals surface area contributed by atoms with Crippen molar-refractivity contribution in [3.05, 3.63) is 11.6 Å². The summed E-state index contributed by atoms with van der Waals surface area (Å²) in [5.41, 5.74) is -1.39. The van der Waals surface area contributed by atoms with Crippen LogP contribution in [-0.2, 0) is 4.79 Å². The first-order valence-corrected chi connectivity index (χ1v) is 5.27. The third-order valence-electron chi connectivity index (χ3n) is 2.32. The van der Waals surface area contributed by atoms with Gasteiger partial charge in [-0.1, -0.05) is 13.3 Å². The molecule has 0 bridgehead atoms. The molecule has 0 radical (unpaired) electrons. The van der Waals surface area contributed by atoms with Gasteiger partial charge in [-0.05, 0) is 6.42 Å². The Balaban J connectivity index is 5.88. The van der Waals surface area contributed by atoms with Crippen molar-refractivity contribution in [2.24, 2.45) is 0 Å². The maximum absolute atomic E-state index is 13.1. The second-order valence-corrected chi connectivity index (χ2v) is 3.99. The molecule has 0 atom stereocenters. The topological polar surface area (TPSA) is 37.3 Å². The van der Waals surface area contributed by atoms with Gasteiger partial charge in [0.25, 0.3) is 0 Å². The Morgan fingerprint density at radius 1 is 0.952 bits per heavy atom. The number of aliphatic carboxylic acids is 1. The summed E-state index contributed by atoms with van der Waals surface area (Å²) < 4.78 is 112. The summed E-state index contributed by atoms with van der Waals surface area (Å²) in [4.78, 5) is 10.5. The number of allylic oxidation sites excluding steroid dienone is 1. The largest absolute Gasteiger partial charge is 0.478 e. The van der Waals surface area contributed by atoms with Crippen molar-refractivity contribution in [1.82, 2.24) is 0 Å². The Bertz CT molecular complexity index is 423. The van der Waals surface area contributed by atoms with Gasteiger partial charge >= 0.3 is 29.9 Å². The number of carbonyl (C=O) groups is 1. The van der Waals surface area contributed by atoms with E-state index < -0.39 is 48.0 Å². The SMILES string of the molecule is CCCC(=CC(F)(F)C(F)(F)C(F)(F)C(F)(F)F)C(=O)O. The van der Waals surface area contributed by atoms with E-state index in [4.69, 9.17) is 5.11 Å². The lowest BCUT2D eigenvalue weighted by atomic mass is 9.99. The molecule has 1 N–H and O–H groups in total. The lowest BCUT2D eigenvalue weighted by molar-refractivity contribution is -0.388. The molecular formula is C10H9F9O2. The zero-order valence-corrected chi connectivity index (χ0v) is 10.2. The Labute approximate surface area is 112 Å². The molecule has 0 aromatic rings. The molecule has 0 heterocycles. The fourth-order valence-corrected chi connectivity index (χ4v) is 1.21. The van der Waals surface area contributed by atoms with E-state index in [1.165, 1.54) is 6.92 Å². The van der Waals surface area contributed by atoms with Gasteiger partial charge in [-0.25, -0.2) is 4.79 Å². The second-order valence-electron chi connectivity index (χ2n) is 3.99. The van der Waals surface area contributed by atoms with Crippen LogP contribution in [-0.4, -0.2) is 35.0 Å². The van der Waals surface area contributed by atoms with Crippen LogP contribution in [0.5, 0.6) is 0 Å². The highest BCUT2D eigenvalue weighted by atomic mass is 19.4. The van der Waals surface area contributed by atoms with Gasteiger partial charge in [0, 0.05) is 11.6 Å². The second kappa shape index (κ2) is 5.76. The summed E-state index contributed by atoms with van der Waals surface area (Å²) in [5.74, 6) is -22.0. The van der Waals surface area contributed by atoms with Crippen molar-refractivity contribution in [1.29, 1.82) is 0 Å². The van der Waals surface area contributed by atoms with Crippen LogP contribution in [0.1, 0.15) is 19.8 Å². The van der Waals surface area contributed by atoms with Crippen LogP contribution in [0.3, 0.4) is 0 Å². The van der Waals surface area contributed by atoms with Crippen molar-refractivity contribution in [2.75, 3.05) is 0 Å². The third-order valence-corrected chi connectivity index (χ3v) is 2.32. The van der Waals surface area contributed by atoms with Gasteiger partial charge in [0.2, 0.25) is 0 Å². The van der Waals surface area contributed by atoms with Crippen LogP contribution in [0.2, 0.25) is 0 Å². The monoisotopic (exact) mass is 332 g/mol. The van der Waals surface area contributed by atoms with Crippen molar-refractivity contribution >= 4 is 5.97 Å². The summed E-state index contributed by atoms with van der Waals surface area (Å²) in [6.07, 6.45) is -8.84. The van der Waals surface area contributed by atoms with Crippen LogP contribution in [0.15, 0.2) is 11.6 Å². The lowest BCUT2D eigenvalue weighted by Gasteiger charge is -2.32. The molecule has 0 fully saturated rings. The fraction of sp³-hybridized carbons (Fsp3) is 0.700. The minimum absolute atomic E-state index is 0.130. The first-order valence-electron chi connectivity index (χ1n) is 5.27. The molecule has 0 saturated heterocycles. The number of carboxylic acid groups (broad SMARTS) is 1. The maximum Gasteiger partial charge on any atom is 0.460 e. The molecule has 0 saturated carbocycles. The lowest BCUT2D eigenvalue weighted by Crippen LogP contribution is -2.60. The molecule has 0 aliphatic carbocycles. The van der Waals surface area contributed by atoms with Gasteiger partial charge in [-0.3, -0.25) is 0 Å². The van der Waals surface area contributed by atoms with Crippen LogP contribution >= 0.6 is 0 Å². The normalized spacial score (nSPS) is 15.2. The van der Waals surface area contributed by atoms with E-state index in [1.54, 1.807) is 0 Å². The van der Waals surface area contributed by atoms with E-state index in [0.29, 0.717) is 0 Å². The predicted molar refractivity (Wildman–Crippen MR) is 51.5 cm³/mol. The Kier molecular flexibility index (Phi) is 5.37. The summed E-state index contributed by atoms with van der Waals surface area (Å²) in [6.45, 7) is 1.26. The molecule has 0 unspecified atom stereocenters. The van der Waals surface area contributed by atoms with Gasteiger partial charge < -0.3 is 5.11 Å². The first-order chi connectivity index (χ1) is 9.12. The Hall–Kier alpha value is -1.42. The average Bonchev–Trinajstić information content (AvgIpc) is 2.25. The van der Waals surface area contributed by atoms with Crippen LogP contribution < -0.4 is 0 Å². The standard InChI is InChI=1S/C10H9F9O2/c1-2-3-5(6(20)21)4-7(11,12)8(13,14)9(15,16)10(17,18)19/h4H,2-3H2,1H3,(H,20,21). The third kappa shape index (κ3) is 3.62. The number of hydrogen-bond donors (Lipinski definition) is 1. The summed E-state index contributed by atoms with van der Waals surface area (Å²) in [7, 11) is 0. The van der Waals surface area contributed by atoms with Gasteiger partial charge in [0.15, 0.2) is 0 Å². The van der Waals surface area contributed by atoms with Crippen molar-refractivity contribution in [3.8, 4) is 0 Å². The maximum atomic E-state index is 13.1. The molecule has 11 heteroatoms. The predicted octanol–water partition coefficient (Wildman–Crippen LogP) is 4.27. The van der Waals surface area contributed by atoms with Crippen molar-refractivity contribution < 1.29 is 49.4 Å². The quantitative estimate of drug-likeness (QED) is 0.583. The summed E-state index contributed by atoms with van der Waals surface area (Å²) in [6, 6.07) is 0. The van der Waals surface area contributed by atoms with Crippen LogP contribution in [0.25, 0.3) is 0 Å². The molecular weight excluding hydrogens is 323 g/mol. The van der Waals surface area contributed by atoms with E-state index in [9.17, 15) is 44.3 Å².